The molecule has 0 atom stereocenters. The fourth-order valence-corrected chi connectivity index (χ4v) is 2.12. The number of fused-ring (bicyclic) bond motifs is 1. The highest BCUT2D eigenvalue weighted by Gasteiger charge is 2.23. The van der Waals surface area contributed by atoms with E-state index in [-0.39, 0.29) is 5.71 Å². The van der Waals surface area contributed by atoms with Gasteiger partial charge in [-0.15, -0.1) is 0 Å². The molecule has 1 fully saturated rings. The lowest BCUT2D eigenvalue weighted by molar-refractivity contribution is -0.102. The van der Waals surface area contributed by atoms with E-state index in [9.17, 15) is 4.79 Å². The zero-order chi connectivity index (χ0) is 13.9. The number of aliphatic imine (C=N–C) groups is 1. The Morgan fingerprint density at radius 1 is 1.45 bits per heavy atom. The van der Waals surface area contributed by atoms with Crippen molar-refractivity contribution < 1.29 is 4.79 Å². The van der Waals surface area contributed by atoms with E-state index in [1.54, 1.807) is 0 Å². The number of nitrogens with two attached hydrogens (primary N) is 1. The molecular weight excluding hydrogens is 254 g/mol. The van der Waals surface area contributed by atoms with Crippen LogP contribution in [0, 0.1) is 0 Å². The van der Waals surface area contributed by atoms with Gasteiger partial charge in [-0.2, -0.15) is 5.10 Å². The van der Waals surface area contributed by atoms with Gasteiger partial charge in [0.2, 0.25) is 0 Å². The molecule has 0 amide bonds. The average Bonchev–Trinajstić information content (AvgIpc) is 3.23. The van der Waals surface area contributed by atoms with Crippen LogP contribution in [0.3, 0.4) is 0 Å². The Labute approximate surface area is 116 Å². The monoisotopic (exact) mass is 269 g/mol. The summed E-state index contributed by atoms with van der Waals surface area (Å²) in [6.45, 7) is 0.396. The van der Waals surface area contributed by atoms with Gasteiger partial charge in [0, 0.05) is 12.4 Å². The molecule has 0 unspecified atom stereocenters. The molecule has 3 rings (SSSR count). The molecule has 0 aromatic carbocycles. The standard InChI is InChI=1S/C14H15N5O/c15-18-13(9-20)6-16-5-12-8-19-7-11(10-1-2-10)3-4-14(19)17-12/h3-4,6-10H,1-2,5,15H2/b16-6?,18-13+. The van der Waals surface area contributed by atoms with Gasteiger partial charge in [-0.05, 0) is 30.4 Å². The highest BCUT2D eigenvalue weighted by molar-refractivity contribution is 6.54. The Kier molecular flexibility index (Phi) is 3.28. The van der Waals surface area contributed by atoms with Crippen LogP contribution >= 0.6 is 0 Å². The molecule has 2 aromatic rings. The van der Waals surface area contributed by atoms with Crippen molar-refractivity contribution in [3.63, 3.8) is 0 Å². The number of rotatable bonds is 5. The van der Waals surface area contributed by atoms with Gasteiger partial charge in [-0.3, -0.25) is 9.79 Å². The van der Waals surface area contributed by atoms with Gasteiger partial charge >= 0.3 is 0 Å². The van der Waals surface area contributed by atoms with Crippen molar-refractivity contribution in [2.24, 2.45) is 15.9 Å². The van der Waals surface area contributed by atoms with E-state index >= 15 is 0 Å². The second kappa shape index (κ2) is 5.24. The predicted molar refractivity (Wildman–Crippen MR) is 77.0 cm³/mol. The van der Waals surface area contributed by atoms with Gasteiger partial charge in [0.05, 0.1) is 18.5 Å². The molecule has 0 aliphatic heterocycles. The summed E-state index contributed by atoms with van der Waals surface area (Å²) in [6.07, 6.45) is 8.57. The van der Waals surface area contributed by atoms with Crippen molar-refractivity contribution in [3.05, 3.63) is 35.8 Å². The Morgan fingerprint density at radius 3 is 3.00 bits per heavy atom. The minimum absolute atomic E-state index is 0.116. The van der Waals surface area contributed by atoms with E-state index in [1.165, 1.54) is 24.6 Å². The third-order valence-electron chi connectivity index (χ3n) is 3.32. The average molecular weight is 269 g/mol. The number of imidazole rings is 1. The van der Waals surface area contributed by atoms with Gasteiger partial charge in [0.15, 0.2) is 6.29 Å². The maximum Gasteiger partial charge on any atom is 0.171 e. The van der Waals surface area contributed by atoms with Crippen molar-refractivity contribution in [2.75, 3.05) is 0 Å². The lowest BCUT2D eigenvalue weighted by Crippen LogP contribution is -2.04. The van der Waals surface area contributed by atoms with Crippen LogP contribution in [-0.2, 0) is 11.3 Å². The zero-order valence-corrected chi connectivity index (χ0v) is 10.9. The van der Waals surface area contributed by atoms with Gasteiger partial charge in [-0.25, -0.2) is 4.98 Å². The molecule has 6 heteroatoms. The second-order valence-corrected chi connectivity index (χ2v) is 4.88. The van der Waals surface area contributed by atoms with E-state index in [0.717, 1.165) is 17.3 Å². The maximum atomic E-state index is 10.5. The highest BCUT2D eigenvalue weighted by Crippen LogP contribution is 2.39. The molecule has 0 saturated heterocycles. The van der Waals surface area contributed by atoms with Crippen molar-refractivity contribution in [2.45, 2.75) is 25.3 Å². The van der Waals surface area contributed by atoms with Crippen LogP contribution in [0.4, 0.5) is 0 Å². The van der Waals surface area contributed by atoms with Crippen LogP contribution < -0.4 is 5.84 Å². The lowest BCUT2D eigenvalue weighted by Gasteiger charge is -1.98. The predicted octanol–water partition coefficient (Wildman–Crippen LogP) is 1.30. The van der Waals surface area contributed by atoms with Crippen LogP contribution in [0.5, 0.6) is 0 Å². The fraction of sp³-hybridized carbons (Fsp3) is 0.286. The third-order valence-corrected chi connectivity index (χ3v) is 3.32. The molecule has 2 heterocycles. The van der Waals surface area contributed by atoms with Crippen molar-refractivity contribution in [1.29, 1.82) is 0 Å². The molecule has 6 nitrogen and oxygen atoms in total. The van der Waals surface area contributed by atoms with Crippen LogP contribution in [0.1, 0.15) is 30.0 Å². The molecule has 2 aromatic heterocycles. The topological polar surface area (TPSA) is 85.1 Å². The van der Waals surface area contributed by atoms with Crippen molar-refractivity contribution in [1.82, 2.24) is 9.38 Å². The first-order valence-corrected chi connectivity index (χ1v) is 6.50. The molecule has 0 radical (unpaired) electrons. The Morgan fingerprint density at radius 2 is 2.30 bits per heavy atom. The number of nitrogens with zero attached hydrogens (tertiary/aromatic N) is 4. The van der Waals surface area contributed by atoms with E-state index in [2.05, 4.69) is 27.3 Å². The maximum absolute atomic E-state index is 10.5. The fourth-order valence-electron chi connectivity index (χ4n) is 2.12. The van der Waals surface area contributed by atoms with Crippen LogP contribution in [-0.4, -0.2) is 27.6 Å². The summed E-state index contributed by atoms with van der Waals surface area (Å²) >= 11 is 0. The summed E-state index contributed by atoms with van der Waals surface area (Å²) < 4.78 is 2.02. The second-order valence-electron chi connectivity index (χ2n) is 4.88. The number of hydrogen-bond donors (Lipinski definition) is 1. The highest BCUT2D eigenvalue weighted by atomic mass is 16.1. The van der Waals surface area contributed by atoms with E-state index in [4.69, 9.17) is 5.84 Å². The Hall–Kier alpha value is -2.50. The third kappa shape index (κ3) is 2.59. The summed E-state index contributed by atoms with van der Waals surface area (Å²) in [5.41, 5.74) is 3.23. The van der Waals surface area contributed by atoms with Crippen LogP contribution in [0.2, 0.25) is 0 Å². The molecule has 1 aliphatic rings. The van der Waals surface area contributed by atoms with E-state index in [0.29, 0.717) is 12.8 Å². The zero-order valence-electron chi connectivity index (χ0n) is 10.9. The summed E-state index contributed by atoms with van der Waals surface area (Å²) in [7, 11) is 0. The molecule has 20 heavy (non-hydrogen) atoms. The molecule has 0 spiro atoms. The molecule has 1 aliphatic carbocycles. The quantitative estimate of drug-likeness (QED) is 0.384. The first-order chi connectivity index (χ1) is 9.80. The summed E-state index contributed by atoms with van der Waals surface area (Å²) in [6, 6.07) is 4.16. The minimum Gasteiger partial charge on any atom is -0.323 e. The van der Waals surface area contributed by atoms with Gasteiger partial charge in [0.1, 0.15) is 11.4 Å². The summed E-state index contributed by atoms with van der Waals surface area (Å²) in [5.74, 6) is 5.74. The summed E-state index contributed by atoms with van der Waals surface area (Å²) in [5, 5.41) is 3.29. The molecule has 1 saturated carbocycles. The molecular formula is C14H15N5O. The smallest absolute Gasteiger partial charge is 0.171 e. The number of aldehydes is 1. The number of pyridine rings is 1. The van der Waals surface area contributed by atoms with Gasteiger partial charge in [-0.1, -0.05) is 6.07 Å². The lowest BCUT2D eigenvalue weighted by atomic mass is 10.2. The first-order valence-electron chi connectivity index (χ1n) is 6.50. The van der Waals surface area contributed by atoms with Crippen LogP contribution in [0.15, 0.2) is 34.6 Å². The Bertz CT molecular complexity index is 697. The minimum atomic E-state index is 0.116. The van der Waals surface area contributed by atoms with E-state index < -0.39 is 0 Å². The normalized spacial score (nSPS) is 16.1. The van der Waals surface area contributed by atoms with Crippen molar-refractivity contribution in [3.8, 4) is 0 Å². The first kappa shape index (κ1) is 12.5. The SMILES string of the molecule is N/N=C(/C=O)C=NCc1cn2cc(C3CC3)ccc2n1. The number of aromatic nitrogens is 2. The number of carbonyl (C=O) groups is 1. The molecule has 2 N–H and O–H groups in total. The summed E-state index contributed by atoms with van der Waals surface area (Å²) in [4.78, 5) is 19.1. The largest absolute Gasteiger partial charge is 0.323 e. The molecule has 102 valence electrons. The van der Waals surface area contributed by atoms with E-state index in [1.807, 2.05) is 16.7 Å². The van der Waals surface area contributed by atoms with Crippen LogP contribution in [0.25, 0.3) is 5.65 Å². The van der Waals surface area contributed by atoms with Gasteiger partial charge < -0.3 is 10.2 Å². The van der Waals surface area contributed by atoms with Gasteiger partial charge in [0.25, 0.3) is 0 Å². The Balaban J connectivity index is 1.77. The number of hydrogen-bond acceptors (Lipinski definition) is 5. The van der Waals surface area contributed by atoms with Crippen molar-refractivity contribution >= 4 is 23.9 Å². The number of carbonyl (C=O) groups excluding carboxylic acids is 1. The molecule has 0 bridgehead atoms. The number of hydrazone groups is 1.